The summed E-state index contributed by atoms with van der Waals surface area (Å²) in [7, 11) is 0. The molecule has 0 unspecified atom stereocenters. The standard InChI is InChI=1S/C18H16.C8H6N2/c1-3-7-15-13(5-1)9-11-18-16-8-4-2-6-14(16)10-12-17(15)18;1-2-4-8-7(3-1)5-9-6-10-8/h1,3,5,7,9-12H,2,4,6,8H2;1-6H. The molecule has 2 nitrogen and oxygen atoms in total. The molecule has 0 fully saturated rings. The molecule has 1 heterocycles. The van der Waals surface area contributed by atoms with E-state index in [0.29, 0.717) is 0 Å². The highest BCUT2D eigenvalue weighted by molar-refractivity contribution is 6.08. The molecular formula is C26H22N2. The summed E-state index contributed by atoms with van der Waals surface area (Å²) in [5.74, 6) is 0. The second-order valence-corrected chi connectivity index (χ2v) is 7.37. The molecule has 0 atom stereocenters. The summed E-state index contributed by atoms with van der Waals surface area (Å²) in [4.78, 5) is 7.97. The minimum Gasteiger partial charge on any atom is -0.244 e. The van der Waals surface area contributed by atoms with E-state index >= 15 is 0 Å². The van der Waals surface area contributed by atoms with Gasteiger partial charge >= 0.3 is 0 Å². The van der Waals surface area contributed by atoms with Crippen LogP contribution in [0, 0.1) is 0 Å². The number of para-hydroxylation sites is 1. The highest BCUT2D eigenvalue weighted by Crippen LogP contribution is 2.33. The van der Waals surface area contributed by atoms with Crippen molar-refractivity contribution in [3.8, 4) is 0 Å². The van der Waals surface area contributed by atoms with Crippen molar-refractivity contribution in [1.29, 1.82) is 0 Å². The van der Waals surface area contributed by atoms with Gasteiger partial charge in [-0.25, -0.2) is 9.97 Å². The van der Waals surface area contributed by atoms with Crippen LogP contribution in [0.5, 0.6) is 0 Å². The predicted molar refractivity (Wildman–Crippen MR) is 118 cm³/mol. The lowest BCUT2D eigenvalue weighted by Crippen LogP contribution is -2.02. The van der Waals surface area contributed by atoms with Crippen LogP contribution in [0.25, 0.3) is 32.4 Å². The Hall–Kier alpha value is -3.26. The van der Waals surface area contributed by atoms with Crippen LogP contribution < -0.4 is 0 Å². The van der Waals surface area contributed by atoms with Crippen molar-refractivity contribution in [2.24, 2.45) is 0 Å². The first-order valence-corrected chi connectivity index (χ1v) is 9.97. The average Bonchev–Trinajstić information content (AvgIpc) is 2.79. The quantitative estimate of drug-likeness (QED) is 0.294. The molecule has 0 N–H and O–H groups in total. The summed E-state index contributed by atoms with van der Waals surface area (Å²) < 4.78 is 0. The zero-order valence-corrected chi connectivity index (χ0v) is 15.8. The molecule has 6 rings (SSSR count). The highest BCUT2D eigenvalue weighted by atomic mass is 14.8. The second-order valence-electron chi connectivity index (χ2n) is 7.37. The molecule has 1 aromatic heterocycles. The molecule has 0 saturated carbocycles. The van der Waals surface area contributed by atoms with Crippen LogP contribution in [0.1, 0.15) is 24.0 Å². The van der Waals surface area contributed by atoms with E-state index in [4.69, 9.17) is 0 Å². The first kappa shape index (κ1) is 16.9. The average molecular weight is 362 g/mol. The fraction of sp³-hybridized carbons (Fsp3) is 0.154. The van der Waals surface area contributed by atoms with Gasteiger partial charge in [-0.1, -0.05) is 66.7 Å². The SMILES string of the molecule is c1ccc2c(c1)ccc1c3c(ccc12)CCCC3.c1ccc2ncncc2c1. The van der Waals surface area contributed by atoms with Gasteiger partial charge in [-0.2, -0.15) is 0 Å². The first-order chi connectivity index (χ1) is 13.9. The lowest BCUT2D eigenvalue weighted by atomic mass is 9.86. The third-order valence-corrected chi connectivity index (χ3v) is 5.67. The summed E-state index contributed by atoms with van der Waals surface area (Å²) in [6, 6.07) is 25.9. The van der Waals surface area contributed by atoms with Crippen LogP contribution in [-0.4, -0.2) is 9.97 Å². The number of nitrogens with zero attached hydrogens (tertiary/aromatic N) is 2. The van der Waals surface area contributed by atoms with Crippen molar-refractivity contribution >= 4 is 32.4 Å². The molecule has 28 heavy (non-hydrogen) atoms. The van der Waals surface area contributed by atoms with Crippen LogP contribution in [-0.2, 0) is 12.8 Å². The maximum Gasteiger partial charge on any atom is 0.116 e. The maximum absolute atomic E-state index is 4.07. The van der Waals surface area contributed by atoms with E-state index in [0.717, 1.165) is 10.9 Å². The van der Waals surface area contributed by atoms with Gasteiger partial charge in [0, 0.05) is 11.6 Å². The Morgan fingerprint density at radius 1 is 0.607 bits per heavy atom. The zero-order valence-electron chi connectivity index (χ0n) is 15.8. The molecule has 0 radical (unpaired) electrons. The Morgan fingerprint density at radius 3 is 2.32 bits per heavy atom. The molecule has 5 aromatic rings. The summed E-state index contributed by atoms with van der Waals surface area (Å²) in [5, 5.41) is 6.73. The second kappa shape index (κ2) is 7.40. The normalized spacial score (nSPS) is 13.1. The molecule has 0 saturated heterocycles. The lowest BCUT2D eigenvalue weighted by Gasteiger charge is -2.18. The number of benzene rings is 4. The number of hydrogen-bond donors (Lipinski definition) is 0. The molecule has 0 bridgehead atoms. The monoisotopic (exact) mass is 362 g/mol. The Balaban J connectivity index is 0.000000145. The lowest BCUT2D eigenvalue weighted by molar-refractivity contribution is 0.690. The third-order valence-electron chi connectivity index (χ3n) is 5.67. The molecule has 0 spiro atoms. The smallest absolute Gasteiger partial charge is 0.116 e. The molecule has 2 heteroatoms. The van der Waals surface area contributed by atoms with Crippen molar-refractivity contribution in [3.63, 3.8) is 0 Å². The minimum absolute atomic E-state index is 0.998. The molecule has 0 amide bonds. The number of rotatable bonds is 0. The fourth-order valence-corrected chi connectivity index (χ4v) is 4.27. The zero-order chi connectivity index (χ0) is 18.8. The van der Waals surface area contributed by atoms with Crippen LogP contribution in [0.15, 0.2) is 85.3 Å². The van der Waals surface area contributed by atoms with Gasteiger partial charge in [-0.3, -0.25) is 0 Å². The van der Waals surface area contributed by atoms with Gasteiger partial charge in [0.05, 0.1) is 5.52 Å². The Morgan fingerprint density at radius 2 is 1.39 bits per heavy atom. The van der Waals surface area contributed by atoms with Gasteiger partial charge in [-0.15, -0.1) is 0 Å². The van der Waals surface area contributed by atoms with Gasteiger partial charge in [0.25, 0.3) is 0 Å². The van der Waals surface area contributed by atoms with Crippen LogP contribution in [0.3, 0.4) is 0 Å². The van der Waals surface area contributed by atoms with Crippen molar-refractivity contribution in [1.82, 2.24) is 9.97 Å². The predicted octanol–water partition coefficient (Wildman–Crippen LogP) is 6.50. The topological polar surface area (TPSA) is 25.8 Å². The third kappa shape index (κ3) is 3.11. The molecule has 4 aromatic carbocycles. The van der Waals surface area contributed by atoms with E-state index in [1.165, 1.54) is 47.2 Å². The Bertz CT molecular complexity index is 1210. The van der Waals surface area contributed by atoms with E-state index in [1.807, 2.05) is 30.5 Å². The Kier molecular flexibility index (Phi) is 4.46. The fourth-order valence-electron chi connectivity index (χ4n) is 4.27. The van der Waals surface area contributed by atoms with Crippen molar-refractivity contribution < 1.29 is 0 Å². The van der Waals surface area contributed by atoms with E-state index in [1.54, 1.807) is 17.5 Å². The first-order valence-electron chi connectivity index (χ1n) is 9.97. The molecule has 136 valence electrons. The van der Waals surface area contributed by atoms with E-state index in [9.17, 15) is 0 Å². The molecule has 1 aliphatic rings. The van der Waals surface area contributed by atoms with E-state index in [2.05, 4.69) is 58.5 Å². The maximum atomic E-state index is 4.07. The Labute approximate surface area is 164 Å². The molecule has 1 aliphatic carbocycles. The van der Waals surface area contributed by atoms with E-state index in [-0.39, 0.29) is 0 Å². The molecule has 0 aliphatic heterocycles. The highest BCUT2D eigenvalue weighted by Gasteiger charge is 2.13. The summed E-state index contributed by atoms with van der Waals surface area (Å²) in [6.07, 6.45) is 8.58. The minimum atomic E-state index is 0.998. The van der Waals surface area contributed by atoms with Crippen molar-refractivity contribution in [3.05, 3.63) is 96.4 Å². The van der Waals surface area contributed by atoms with Crippen molar-refractivity contribution in [2.45, 2.75) is 25.7 Å². The van der Waals surface area contributed by atoms with E-state index < -0.39 is 0 Å². The summed E-state index contributed by atoms with van der Waals surface area (Å²) >= 11 is 0. The number of hydrogen-bond acceptors (Lipinski definition) is 2. The van der Waals surface area contributed by atoms with Crippen LogP contribution >= 0.6 is 0 Å². The van der Waals surface area contributed by atoms with Crippen LogP contribution in [0.4, 0.5) is 0 Å². The van der Waals surface area contributed by atoms with Gasteiger partial charge < -0.3 is 0 Å². The van der Waals surface area contributed by atoms with Gasteiger partial charge in [-0.05, 0) is 64.4 Å². The van der Waals surface area contributed by atoms with Gasteiger partial charge in [0.15, 0.2) is 0 Å². The summed E-state index contributed by atoms with van der Waals surface area (Å²) in [5.41, 5.74) is 4.17. The van der Waals surface area contributed by atoms with Crippen molar-refractivity contribution in [2.75, 3.05) is 0 Å². The summed E-state index contributed by atoms with van der Waals surface area (Å²) in [6.45, 7) is 0. The number of aryl methyl sites for hydroxylation is 2. The number of aromatic nitrogens is 2. The largest absolute Gasteiger partial charge is 0.244 e. The van der Waals surface area contributed by atoms with Gasteiger partial charge in [0.1, 0.15) is 6.33 Å². The number of fused-ring (bicyclic) bond motifs is 6. The molecular weight excluding hydrogens is 340 g/mol. The van der Waals surface area contributed by atoms with Gasteiger partial charge in [0.2, 0.25) is 0 Å². The van der Waals surface area contributed by atoms with Crippen LogP contribution in [0.2, 0.25) is 0 Å².